The van der Waals surface area contributed by atoms with Crippen LogP contribution in [0.15, 0.2) is 71.3 Å². The number of hydrogen-bond donors (Lipinski definition) is 1. The number of nitrogens with zero attached hydrogens (tertiary/aromatic N) is 1. The summed E-state index contributed by atoms with van der Waals surface area (Å²) in [4.78, 5) is 17.5. The van der Waals surface area contributed by atoms with Crippen LogP contribution in [0.1, 0.15) is 21.5 Å². The third kappa shape index (κ3) is 4.07. The molecule has 0 unspecified atom stereocenters. The van der Waals surface area contributed by atoms with Gasteiger partial charge in [-0.05, 0) is 55.3 Å². The van der Waals surface area contributed by atoms with Gasteiger partial charge < -0.3 is 19.2 Å². The molecule has 162 valence electrons. The van der Waals surface area contributed by atoms with Crippen molar-refractivity contribution < 1.29 is 18.7 Å². The average Bonchev–Trinajstić information content (AvgIpc) is 3.31. The number of oxazole rings is 1. The summed E-state index contributed by atoms with van der Waals surface area (Å²) >= 11 is 0. The summed E-state index contributed by atoms with van der Waals surface area (Å²) in [5.41, 5.74) is 4.74. The van der Waals surface area contributed by atoms with Crippen molar-refractivity contribution in [3.8, 4) is 34.3 Å². The number of aryl methyl sites for hydroxylation is 1. The predicted octanol–water partition coefficient (Wildman–Crippen LogP) is 5.89. The minimum atomic E-state index is -0.226. The maximum Gasteiger partial charge on any atom is 0.256 e. The molecule has 0 saturated carbocycles. The van der Waals surface area contributed by atoms with E-state index in [1.54, 1.807) is 32.5 Å². The summed E-state index contributed by atoms with van der Waals surface area (Å²) in [7, 11) is 3.18. The molecule has 0 spiro atoms. The van der Waals surface area contributed by atoms with Crippen LogP contribution in [0.5, 0.6) is 11.5 Å². The minimum absolute atomic E-state index is 0.226. The number of aromatic nitrogens is 1. The van der Waals surface area contributed by atoms with Crippen molar-refractivity contribution in [3.63, 3.8) is 0 Å². The van der Waals surface area contributed by atoms with E-state index >= 15 is 0 Å². The largest absolute Gasteiger partial charge is 0.497 e. The van der Waals surface area contributed by atoms with Crippen molar-refractivity contribution in [2.24, 2.45) is 0 Å². The first-order chi connectivity index (χ1) is 15.5. The molecule has 1 N–H and O–H groups in total. The van der Waals surface area contributed by atoms with E-state index < -0.39 is 0 Å². The molecule has 4 aromatic rings. The number of carbonyl (C=O) groups excluding carboxylic acids is 1. The number of nitrogens with one attached hydrogen (secondary N) is 1. The molecule has 0 atom stereocenters. The molecule has 1 aromatic heterocycles. The summed E-state index contributed by atoms with van der Waals surface area (Å²) in [6.07, 6.45) is 1.62. The second kappa shape index (κ2) is 8.98. The first-order valence-corrected chi connectivity index (χ1v) is 10.2. The standard InChI is InChI=1S/C26H24N2O4/c1-16-8-7-11-22(17(16)2)28-25(29)19-9-5-6-10-20(19)26-27-15-24(32-26)21-13-12-18(30-3)14-23(21)31-4/h5-15H,1-4H3,(H,28,29). The Labute approximate surface area is 186 Å². The molecule has 6 nitrogen and oxygen atoms in total. The molecule has 6 heteroatoms. The number of carbonyl (C=O) groups is 1. The van der Waals surface area contributed by atoms with E-state index in [0.29, 0.717) is 34.3 Å². The van der Waals surface area contributed by atoms with Gasteiger partial charge in [-0.15, -0.1) is 0 Å². The van der Waals surface area contributed by atoms with Crippen molar-refractivity contribution in [3.05, 3.63) is 83.6 Å². The van der Waals surface area contributed by atoms with Gasteiger partial charge in [-0.25, -0.2) is 4.98 Å². The van der Waals surface area contributed by atoms with Crippen molar-refractivity contribution in [1.29, 1.82) is 0 Å². The lowest BCUT2D eigenvalue weighted by atomic mass is 10.1. The molecule has 0 fully saturated rings. The van der Waals surface area contributed by atoms with Gasteiger partial charge >= 0.3 is 0 Å². The lowest BCUT2D eigenvalue weighted by Gasteiger charge is -2.12. The first kappa shape index (κ1) is 21.2. The average molecular weight is 428 g/mol. The van der Waals surface area contributed by atoms with E-state index in [2.05, 4.69) is 10.3 Å². The Morgan fingerprint density at radius 3 is 2.53 bits per heavy atom. The van der Waals surface area contributed by atoms with E-state index in [1.165, 1.54) is 0 Å². The van der Waals surface area contributed by atoms with Gasteiger partial charge in [-0.3, -0.25) is 4.79 Å². The number of benzene rings is 3. The minimum Gasteiger partial charge on any atom is -0.497 e. The van der Waals surface area contributed by atoms with Crippen LogP contribution in [0.25, 0.3) is 22.8 Å². The number of methoxy groups -OCH3 is 2. The molecule has 4 rings (SSSR count). The highest BCUT2D eigenvalue weighted by Gasteiger charge is 2.19. The first-order valence-electron chi connectivity index (χ1n) is 10.2. The number of ether oxygens (including phenoxy) is 2. The number of anilines is 1. The maximum absolute atomic E-state index is 13.1. The number of amides is 1. The predicted molar refractivity (Wildman–Crippen MR) is 124 cm³/mol. The Morgan fingerprint density at radius 1 is 0.938 bits per heavy atom. The Bertz CT molecular complexity index is 1280. The molecular weight excluding hydrogens is 404 g/mol. The summed E-state index contributed by atoms with van der Waals surface area (Å²) in [5.74, 6) is 1.94. The van der Waals surface area contributed by atoms with Gasteiger partial charge in [0.1, 0.15) is 11.5 Å². The van der Waals surface area contributed by atoms with Crippen LogP contribution in [-0.2, 0) is 0 Å². The Hall–Kier alpha value is -4.06. The third-order valence-electron chi connectivity index (χ3n) is 5.43. The van der Waals surface area contributed by atoms with Crippen LogP contribution in [0.2, 0.25) is 0 Å². The molecule has 0 aliphatic carbocycles. The fraction of sp³-hybridized carbons (Fsp3) is 0.154. The van der Waals surface area contributed by atoms with Gasteiger partial charge in [0.05, 0.1) is 31.5 Å². The molecule has 0 radical (unpaired) electrons. The van der Waals surface area contributed by atoms with Crippen LogP contribution >= 0.6 is 0 Å². The van der Waals surface area contributed by atoms with Gasteiger partial charge in [0.2, 0.25) is 5.89 Å². The molecule has 0 bridgehead atoms. The summed E-state index contributed by atoms with van der Waals surface area (Å²) < 4.78 is 16.8. The topological polar surface area (TPSA) is 73.6 Å². The lowest BCUT2D eigenvalue weighted by Crippen LogP contribution is -2.14. The van der Waals surface area contributed by atoms with Crippen molar-refractivity contribution in [2.75, 3.05) is 19.5 Å². The summed E-state index contributed by atoms with van der Waals surface area (Å²) in [5, 5.41) is 3.00. The molecule has 0 aliphatic heterocycles. The monoisotopic (exact) mass is 428 g/mol. The molecule has 3 aromatic carbocycles. The molecule has 32 heavy (non-hydrogen) atoms. The number of rotatable bonds is 6. The lowest BCUT2D eigenvalue weighted by molar-refractivity contribution is 0.102. The molecule has 1 amide bonds. The van der Waals surface area contributed by atoms with Gasteiger partial charge in [-0.1, -0.05) is 24.3 Å². The van der Waals surface area contributed by atoms with Crippen LogP contribution in [0.4, 0.5) is 5.69 Å². The van der Waals surface area contributed by atoms with E-state index in [-0.39, 0.29) is 5.91 Å². The Kier molecular flexibility index (Phi) is 5.94. The highest BCUT2D eigenvalue weighted by molar-refractivity contribution is 6.08. The van der Waals surface area contributed by atoms with Crippen molar-refractivity contribution in [1.82, 2.24) is 4.98 Å². The third-order valence-corrected chi connectivity index (χ3v) is 5.43. The fourth-order valence-corrected chi connectivity index (χ4v) is 3.47. The quantitative estimate of drug-likeness (QED) is 0.414. The van der Waals surface area contributed by atoms with E-state index in [9.17, 15) is 4.79 Å². The molecule has 0 saturated heterocycles. The van der Waals surface area contributed by atoms with E-state index in [0.717, 1.165) is 22.4 Å². The maximum atomic E-state index is 13.1. The Morgan fingerprint density at radius 2 is 1.75 bits per heavy atom. The van der Waals surface area contributed by atoms with Gasteiger partial charge in [0.15, 0.2) is 5.76 Å². The van der Waals surface area contributed by atoms with Crippen LogP contribution < -0.4 is 14.8 Å². The smallest absolute Gasteiger partial charge is 0.256 e. The number of hydrogen-bond acceptors (Lipinski definition) is 5. The SMILES string of the molecule is COc1ccc(-c2cnc(-c3ccccc3C(=O)Nc3cccc(C)c3C)o2)c(OC)c1. The zero-order chi connectivity index (χ0) is 22.7. The molecule has 1 heterocycles. The van der Waals surface area contributed by atoms with Gasteiger partial charge in [-0.2, -0.15) is 0 Å². The molecular formula is C26H24N2O4. The second-order valence-corrected chi connectivity index (χ2v) is 7.34. The van der Waals surface area contributed by atoms with Crippen molar-refractivity contribution in [2.45, 2.75) is 13.8 Å². The summed E-state index contributed by atoms with van der Waals surface area (Å²) in [6, 6.07) is 18.5. The zero-order valence-electron chi connectivity index (χ0n) is 18.4. The zero-order valence-corrected chi connectivity index (χ0v) is 18.4. The van der Waals surface area contributed by atoms with Crippen molar-refractivity contribution >= 4 is 11.6 Å². The van der Waals surface area contributed by atoms with E-state index in [4.69, 9.17) is 13.9 Å². The van der Waals surface area contributed by atoms with Gasteiger partial charge in [0.25, 0.3) is 5.91 Å². The van der Waals surface area contributed by atoms with Crippen LogP contribution in [-0.4, -0.2) is 25.1 Å². The fourth-order valence-electron chi connectivity index (χ4n) is 3.47. The Balaban J connectivity index is 1.68. The van der Waals surface area contributed by atoms with Crippen LogP contribution in [0, 0.1) is 13.8 Å². The molecule has 0 aliphatic rings. The van der Waals surface area contributed by atoms with E-state index in [1.807, 2.05) is 62.4 Å². The highest BCUT2D eigenvalue weighted by atomic mass is 16.5. The highest BCUT2D eigenvalue weighted by Crippen LogP contribution is 2.36. The summed E-state index contributed by atoms with van der Waals surface area (Å²) in [6.45, 7) is 4.00. The van der Waals surface area contributed by atoms with Gasteiger partial charge in [0, 0.05) is 17.3 Å². The van der Waals surface area contributed by atoms with Crippen LogP contribution in [0.3, 0.4) is 0 Å². The normalized spacial score (nSPS) is 10.6. The second-order valence-electron chi connectivity index (χ2n) is 7.34.